The number of hydrogen-bond acceptors (Lipinski definition) is 4. The topological polar surface area (TPSA) is 66.8 Å². The minimum atomic E-state index is -1.08. The van der Waals surface area contributed by atoms with Crippen LogP contribution in [0.1, 0.15) is 47.9 Å². The molecule has 0 spiro atoms. The van der Waals surface area contributed by atoms with Crippen LogP contribution in [0.25, 0.3) is 0 Å². The standard InChI is InChI=1S/C16H23NO4.Ca.2H/c1-4-14(18)12-8-7-9-13(16(19)20)15(12)21-11-10-17(5-2)6-3;;;/h7-9H,4-6,10-11H2,1-3H3,(H,19,20);;;. The maximum absolute atomic E-state index is 11.9. The molecule has 1 N–H and O–H groups in total. The van der Waals surface area contributed by atoms with E-state index in [1.807, 2.05) is 0 Å². The molecule has 0 saturated heterocycles. The van der Waals surface area contributed by atoms with Crippen LogP contribution in [0, 0.1) is 0 Å². The fourth-order valence-electron chi connectivity index (χ4n) is 2.09. The van der Waals surface area contributed by atoms with E-state index in [-0.39, 0.29) is 54.8 Å². The number of carboxylic acids is 1. The Balaban J connectivity index is 0.00000441. The van der Waals surface area contributed by atoms with Crippen molar-refractivity contribution in [2.24, 2.45) is 0 Å². The molecule has 0 amide bonds. The first-order chi connectivity index (χ1) is 10.0. The van der Waals surface area contributed by atoms with Crippen LogP contribution in [0.4, 0.5) is 0 Å². The summed E-state index contributed by atoms with van der Waals surface area (Å²) in [6.45, 7) is 8.72. The van der Waals surface area contributed by atoms with Crippen molar-refractivity contribution in [3.63, 3.8) is 0 Å². The molecule has 0 atom stereocenters. The predicted octanol–water partition coefficient (Wildman–Crippen LogP) is 1.78. The van der Waals surface area contributed by atoms with Crippen LogP contribution in [0.2, 0.25) is 0 Å². The molecule has 6 heteroatoms. The molecule has 0 fully saturated rings. The second-order valence-corrected chi connectivity index (χ2v) is 4.64. The van der Waals surface area contributed by atoms with Crippen LogP contribution >= 0.6 is 0 Å². The van der Waals surface area contributed by atoms with Gasteiger partial charge in [0.15, 0.2) is 5.78 Å². The normalized spacial score (nSPS) is 10.2. The molecule has 0 saturated carbocycles. The predicted molar refractivity (Wildman–Crippen MR) is 89.8 cm³/mol. The third-order valence-corrected chi connectivity index (χ3v) is 3.42. The van der Waals surface area contributed by atoms with E-state index in [0.717, 1.165) is 13.1 Å². The van der Waals surface area contributed by atoms with Gasteiger partial charge in [0.1, 0.15) is 17.9 Å². The van der Waals surface area contributed by atoms with Gasteiger partial charge in [0.05, 0.1) is 5.56 Å². The average molecular weight is 335 g/mol. The third kappa shape index (κ3) is 5.88. The number of rotatable bonds is 9. The second-order valence-electron chi connectivity index (χ2n) is 4.64. The molecule has 1 aromatic rings. The number of ether oxygens (including phenoxy) is 1. The van der Waals surface area contributed by atoms with E-state index in [1.165, 1.54) is 6.07 Å². The Bertz CT molecular complexity index is 501. The second kappa shape index (κ2) is 11.0. The van der Waals surface area contributed by atoms with Gasteiger partial charge in [-0.2, -0.15) is 0 Å². The fraction of sp³-hybridized carbons (Fsp3) is 0.500. The monoisotopic (exact) mass is 335 g/mol. The van der Waals surface area contributed by atoms with E-state index >= 15 is 0 Å². The Morgan fingerprint density at radius 1 is 1.14 bits per heavy atom. The SMILES string of the molecule is CCC(=O)c1cccc(C(=O)O)c1OCCN(CC)CC.[CaH2]. The van der Waals surface area contributed by atoms with Gasteiger partial charge in [0.25, 0.3) is 0 Å². The van der Waals surface area contributed by atoms with Crippen LogP contribution < -0.4 is 4.74 Å². The van der Waals surface area contributed by atoms with Crippen LogP contribution in [-0.4, -0.2) is 85.7 Å². The van der Waals surface area contributed by atoms with Crippen molar-refractivity contribution in [3.8, 4) is 5.75 Å². The Labute approximate surface area is 161 Å². The summed E-state index contributed by atoms with van der Waals surface area (Å²) >= 11 is 0. The summed E-state index contributed by atoms with van der Waals surface area (Å²) in [5, 5.41) is 9.24. The van der Waals surface area contributed by atoms with Crippen molar-refractivity contribution < 1.29 is 19.4 Å². The Morgan fingerprint density at radius 2 is 1.73 bits per heavy atom. The number of likely N-dealkylation sites (N-methyl/N-ethyl adjacent to an activating group) is 1. The van der Waals surface area contributed by atoms with Crippen molar-refractivity contribution in [1.82, 2.24) is 4.90 Å². The maximum atomic E-state index is 11.9. The minimum absolute atomic E-state index is 0. The zero-order valence-corrected chi connectivity index (χ0v) is 12.9. The van der Waals surface area contributed by atoms with E-state index in [4.69, 9.17) is 4.74 Å². The summed E-state index contributed by atoms with van der Waals surface area (Å²) < 4.78 is 5.64. The van der Waals surface area contributed by atoms with E-state index in [2.05, 4.69) is 18.7 Å². The average Bonchev–Trinajstić information content (AvgIpc) is 2.50. The number of Topliss-reactive ketones (excluding diaryl/α,β-unsaturated/α-hetero) is 1. The summed E-state index contributed by atoms with van der Waals surface area (Å²) in [4.78, 5) is 25.4. The third-order valence-electron chi connectivity index (χ3n) is 3.42. The van der Waals surface area contributed by atoms with Crippen molar-refractivity contribution in [3.05, 3.63) is 29.3 Å². The zero-order chi connectivity index (χ0) is 15.8. The number of carbonyl (C=O) groups is 2. The molecule has 5 nitrogen and oxygen atoms in total. The molecule has 0 aliphatic heterocycles. The van der Waals surface area contributed by atoms with Gasteiger partial charge in [0.2, 0.25) is 0 Å². The van der Waals surface area contributed by atoms with E-state index < -0.39 is 5.97 Å². The summed E-state index contributed by atoms with van der Waals surface area (Å²) in [6, 6.07) is 4.65. The molecule has 1 aromatic carbocycles. The van der Waals surface area contributed by atoms with Crippen molar-refractivity contribution >= 4 is 49.5 Å². The Hall–Kier alpha value is -0.620. The van der Waals surface area contributed by atoms with Gasteiger partial charge in [-0.25, -0.2) is 4.79 Å². The van der Waals surface area contributed by atoms with E-state index in [0.29, 0.717) is 25.1 Å². The number of aromatic carboxylic acids is 1. The van der Waals surface area contributed by atoms with Gasteiger partial charge >= 0.3 is 43.7 Å². The number of nitrogens with zero attached hydrogens (tertiary/aromatic N) is 1. The molecular weight excluding hydrogens is 310 g/mol. The first-order valence-corrected chi connectivity index (χ1v) is 7.29. The first-order valence-electron chi connectivity index (χ1n) is 7.29. The summed E-state index contributed by atoms with van der Waals surface area (Å²) in [5.74, 6) is -1.02. The van der Waals surface area contributed by atoms with E-state index in [1.54, 1.807) is 19.1 Å². The first kappa shape index (κ1) is 21.4. The summed E-state index contributed by atoms with van der Waals surface area (Å²) in [7, 11) is 0. The molecule has 0 aliphatic rings. The van der Waals surface area contributed by atoms with Crippen LogP contribution in [0.5, 0.6) is 5.75 Å². The number of para-hydroxylation sites is 1. The van der Waals surface area contributed by atoms with Crippen molar-refractivity contribution in [2.75, 3.05) is 26.2 Å². The van der Waals surface area contributed by atoms with Gasteiger partial charge in [0, 0.05) is 13.0 Å². The van der Waals surface area contributed by atoms with Gasteiger partial charge in [-0.1, -0.05) is 26.8 Å². The number of hydrogen-bond donors (Lipinski definition) is 1. The molecule has 22 heavy (non-hydrogen) atoms. The zero-order valence-electron chi connectivity index (χ0n) is 12.9. The molecule has 0 aliphatic carbocycles. The van der Waals surface area contributed by atoms with Gasteiger partial charge < -0.3 is 14.7 Å². The molecule has 120 valence electrons. The number of carboxylic acid groups (broad SMARTS) is 1. The molecule has 0 heterocycles. The van der Waals surface area contributed by atoms with Crippen molar-refractivity contribution in [2.45, 2.75) is 27.2 Å². The fourth-order valence-corrected chi connectivity index (χ4v) is 2.09. The van der Waals surface area contributed by atoms with Crippen LogP contribution in [0.3, 0.4) is 0 Å². The van der Waals surface area contributed by atoms with Crippen LogP contribution in [0.15, 0.2) is 18.2 Å². The molecule has 0 unspecified atom stereocenters. The quantitative estimate of drug-likeness (QED) is 0.550. The summed E-state index contributed by atoms with van der Waals surface area (Å²) in [5.41, 5.74) is 0.380. The molecule has 0 aromatic heterocycles. The number of carbonyl (C=O) groups excluding carboxylic acids is 1. The van der Waals surface area contributed by atoms with Gasteiger partial charge in [-0.05, 0) is 25.2 Å². The summed E-state index contributed by atoms with van der Waals surface area (Å²) in [6.07, 6.45) is 0.315. The molecule has 0 bridgehead atoms. The number of benzene rings is 1. The van der Waals surface area contributed by atoms with Gasteiger partial charge in [-0.15, -0.1) is 0 Å². The van der Waals surface area contributed by atoms with Crippen LogP contribution in [-0.2, 0) is 0 Å². The molecular formula is C16H25CaNO4. The van der Waals surface area contributed by atoms with Gasteiger partial charge in [-0.3, -0.25) is 4.79 Å². The Morgan fingerprint density at radius 3 is 2.23 bits per heavy atom. The van der Waals surface area contributed by atoms with E-state index in [9.17, 15) is 14.7 Å². The number of ketones is 1. The molecule has 1 rings (SSSR count). The Kier molecular flexibility index (Phi) is 10.7. The van der Waals surface area contributed by atoms with Crippen molar-refractivity contribution in [1.29, 1.82) is 0 Å². The molecule has 0 radical (unpaired) electrons.